The number of thiophene rings is 1. The molecular weight excluding hydrogens is 304 g/mol. The number of hydrogen-bond acceptors (Lipinski definition) is 4. The Morgan fingerprint density at radius 1 is 1.50 bits per heavy atom. The second-order valence-electron chi connectivity index (χ2n) is 5.59. The van der Waals surface area contributed by atoms with Crippen molar-refractivity contribution in [2.24, 2.45) is 5.92 Å². The molecular formula is C15H20N2O4S. The molecule has 0 aromatic carbocycles. The van der Waals surface area contributed by atoms with Crippen LogP contribution in [0.4, 0.5) is 0 Å². The molecule has 1 fully saturated rings. The summed E-state index contributed by atoms with van der Waals surface area (Å²) < 4.78 is 0. The molecule has 1 aromatic rings. The first-order chi connectivity index (χ1) is 10.4. The molecule has 0 aliphatic carbocycles. The first kappa shape index (κ1) is 16.5. The summed E-state index contributed by atoms with van der Waals surface area (Å²) in [6.45, 7) is 2.27. The van der Waals surface area contributed by atoms with E-state index < -0.39 is 17.9 Å². The van der Waals surface area contributed by atoms with Crippen molar-refractivity contribution in [1.82, 2.24) is 9.80 Å². The van der Waals surface area contributed by atoms with E-state index in [2.05, 4.69) is 0 Å². The van der Waals surface area contributed by atoms with Gasteiger partial charge in [0.1, 0.15) is 6.04 Å². The van der Waals surface area contributed by atoms with Crippen LogP contribution in [0.3, 0.4) is 0 Å². The van der Waals surface area contributed by atoms with Crippen molar-refractivity contribution in [3.8, 4) is 0 Å². The zero-order valence-electron chi connectivity index (χ0n) is 12.7. The van der Waals surface area contributed by atoms with Gasteiger partial charge in [0.05, 0.1) is 10.8 Å². The average molecular weight is 324 g/mol. The second kappa shape index (κ2) is 6.91. The molecule has 1 saturated heterocycles. The highest BCUT2D eigenvalue weighted by Gasteiger charge is 2.36. The molecule has 7 heteroatoms. The highest BCUT2D eigenvalue weighted by Crippen LogP contribution is 2.23. The summed E-state index contributed by atoms with van der Waals surface area (Å²) in [7, 11) is 1.59. The minimum absolute atomic E-state index is 0.120. The number of carboxylic acid groups (broad SMARTS) is 1. The van der Waals surface area contributed by atoms with Crippen LogP contribution in [0.25, 0.3) is 0 Å². The molecule has 120 valence electrons. The molecule has 1 aliphatic rings. The van der Waals surface area contributed by atoms with E-state index in [0.29, 0.717) is 17.8 Å². The van der Waals surface area contributed by atoms with Crippen molar-refractivity contribution < 1.29 is 19.5 Å². The van der Waals surface area contributed by atoms with Crippen molar-refractivity contribution in [3.05, 3.63) is 22.4 Å². The molecule has 1 aliphatic heterocycles. The molecule has 6 nitrogen and oxygen atoms in total. The molecule has 0 spiro atoms. The van der Waals surface area contributed by atoms with Crippen LogP contribution in [0.5, 0.6) is 0 Å². The Morgan fingerprint density at radius 2 is 2.23 bits per heavy atom. The minimum atomic E-state index is -0.933. The zero-order valence-corrected chi connectivity index (χ0v) is 13.5. The average Bonchev–Trinajstić information content (AvgIpc) is 3.16. The number of carbonyl (C=O) groups is 3. The third-order valence-corrected chi connectivity index (χ3v) is 4.73. The van der Waals surface area contributed by atoms with Gasteiger partial charge in [0.25, 0.3) is 5.91 Å². The fourth-order valence-corrected chi connectivity index (χ4v) is 3.32. The minimum Gasteiger partial charge on any atom is -0.481 e. The number of carbonyl (C=O) groups excluding carboxylic acids is 2. The van der Waals surface area contributed by atoms with Crippen molar-refractivity contribution in [2.75, 3.05) is 20.1 Å². The summed E-state index contributed by atoms with van der Waals surface area (Å²) >= 11 is 1.36. The molecule has 1 unspecified atom stereocenters. The van der Waals surface area contributed by atoms with Gasteiger partial charge in [0, 0.05) is 20.1 Å². The molecule has 2 amide bonds. The number of amides is 2. The second-order valence-corrected chi connectivity index (χ2v) is 6.54. The van der Waals surface area contributed by atoms with Crippen LogP contribution >= 0.6 is 11.3 Å². The van der Waals surface area contributed by atoms with Gasteiger partial charge in [-0.2, -0.15) is 0 Å². The maximum absolute atomic E-state index is 12.5. The van der Waals surface area contributed by atoms with Crippen LogP contribution in [-0.4, -0.2) is 58.9 Å². The van der Waals surface area contributed by atoms with Crippen LogP contribution in [0.1, 0.15) is 29.4 Å². The first-order valence-corrected chi connectivity index (χ1v) is 8.12. The Labute approximate surface area is 133 Å². The normalized spacial score (nSPS) is 19.0. The molecule has 1 N–H and O–H groups in total. The van der Waals surface area contributed by atoms with Gasteiger partial charge in [-0.05, 0) is 24.3 Å². The van der Waals surface area contributed by atoms with Crippen LogP contribution in [0.2, 0.25) is 0 Å². The maximum atomic E-state index is 12.5. The van der Waals surface area contributed by atoms with Crippen molar-refractivity contribution >= 4 is 29.1 Å². The Kier molecular flexibility index (Phi) is 5.18. The largest absolute Gasteiger partial charge is 0.481 e. The number of nitrogens with zero attached hydrogens (tertiary/aromatic N) is 2. The number of rotatable bonds is 5. The van der Waals surface area contributed by atoms with Gasteiger partial charge in [-0.15, -0.1) is 11.3 Å². The lowest BCUT2D eigenvalue weighted by molar-refractivity contribution is -0.143. The standard InChI is InChI=1S/C15H20N2O4S/c1-10(15(20)21)9-16(2)13(18)11-5-3-7-17(11)14(19)12-6-4-8-22-12/h4,6,8,10-11H,3,5,7,9H2,1-2H3,(H,20,21)/t10?,11-/m0/s1. The van der Waals surface area contributed by atoms with Gasteiger partial charge < -0.3 is 14.9 Å². The third kappa shape index (κ3) is 3.47. The monoisotopic (exact) mass is 324 g/mol. The number of likely N-dealkylation sites (tertiary alicyclic amines) is 1. The molecule has 1 aromatic heterocycles. The fourth-order valence-electron chi connectivity index (χ4n) is 2.64. The van der Waals surface area contributed by atoms with Gasteiger partial charge >= 0.3 is 5.97 Å². The van der Waals surface area contributed by atoms with Gasteiger partial charge in [0.2, 0.25) is 5.91 Å². The van der Waals surface area contributed by atoms with Gasteiger partial charge in [-0.3, -0.25) is 14.4 Å². The topological polar surface area (TPSA) is 77.9 Å². The molecule has 2 rings (SSSR count). The molecule has 0 radical (unpaired) electrons. The van der Waals surface area contributed by atoms with E-state index in [4.69, 9.17) is 5.11 Å². The third-order valence-electron chi connectivity index (χ3n) is 3.88. The summed E-state index contributed by atoms with van der Waals surface area (Å²) in [5.41, 5.74) is 0. The molecule has 2 atom stereocenters. The predicted octanol–water partition coefficient (Wildman–Crippen LogP) is 1.53. The van der Waals surface area contributed by atoms with E-state index in [9.17, 15) is 14.4 Å². The molecule has 0 bridgehead atoms. The van der Waals surface area contributed by atoms with Gasteiger partial charge in [0.15, 0.2) is 0 Å². The molecule has 2 heterocycles. The summed E-state index contributed by atoms with van der Waals surface area (Å²) in [5.74, 6) is -1.87. The van der Waals surface area contributed by atoms with Crippen molar-refractivity contribution in [3.63, 3.8) is 0 Å². The lowest BCUT2D eigenvalue weighted by atomic mass is 10.1. The van der Waals surface area contributed by atoms with Crippen LogP contribution < -0.4 is 0 Å². The van der Waals surface area contributed by atoms with E-state index in [-0.39, 0.29) is 18.4 Å². The zero-order chi connectivity index (χ0) is 16.3. The SMILES string of the molecule is CC(CN(C)C(=O)[C@@H]1CCCN1C(=O)c1cccs1)C(=O)O. The predicted molar refractivity (Wildman–Crippen MR) is 82.8 cm³/mol. The van der Waals surface area contributed by atoms with E-state index in [1.54, 1.807) is 24.9 Å². The number of aliphatic carboxylic acids is 1. The maximum Gasteiger partial charge on any atom is 0.308 e. The molecule has 22 heavy (non-hydrogen) atoms. The van der Waals surface area contributed by atoms with Crippen molar-refractivity contribution in [1.29, 1.82) is 0 Å². The summed E-state index contributed by atoms with van der Waals surface area (Å²) in [6.07, 6.45) is 1.41. The van der Waals surface area contributed by atoms with Gasteiger partial charge in [-0.1, -0.05) is 13.0 Å². The van der Waals surface area contributed by atoms with Crippen LogP contribution in [0.15, 0.2) is 17.5 Å². The number of hydrogen-bond donors (Lipinski definition) is 1. The van der Waals surface area contributed by atoms with Crippen LogP contribution in [-0.2, 0) is 9.59 Å². The number of likely N-dealkylation sites (N-methyl/N-ethyl adjacent to an activating group) is 1. The van der Waals surface area contributed by atoms with E-state index in [0.717, 1.165) is 6.42 Å². The van der Waals surface area contributed by atoms with E-state index in [1.165, 1.54) is 16.2 Å². The van der Waals surface area contributed by atoms with Crippen LogP contribution in [0, 0.1) is 5.92 Å². The Hall–Kier alpha value is -1.89. The van der Waals surface area contributed by atoms with Crippen molar-refractivity contribution in [2.45, 2.75) is 25.8 Å². The summed E-state index contributed by atoms with van der Waals surface area (Å²) in [6, 6.07) is 3.08. The Morgan fingerprint density at radius 3 is 2.82 bits per heavy atom. The molecule has 0 saturated carbocycles. The van der Waals surface area contributed by atoms with Gasteiger partial charge in [-0.25, -0.2) is 0 Å². The van der Waals surface area contributed by atoms with E-state index in [1.807, 2.05) is 11.4 Å². The van der Waals surface area contributed by atoms with E-state index >= 15 is 0 Å². The Bertz CT molecular complexity index is 558. The fraction of sp³-hybridized carbons (Fsp3) is 0.533. The smallest absolute Gasteiger partial charge is 0.308 e. The highest BCUT2D eigenvalue weighted by molar-refractivity contribution is 7.12. The lowest BCUT2D eigenvalue weighted by Crippen LogP contribution is -2.47. The first-order valence-electron chi connectivity index (χ1n) is 7.24. The lowest BCUT2D eigenvalue weighted by Gasteiger charge is -2.28. The Balaban J connectivity index is 2.05. The highest BCUT2D eigenvalue weighted by atomic mass is 32.1. The quantitative estimate of drug-likeness (QED) is 0.891. The summed E-state index contributed by atoms with van der Waals surface area (Å²) in [4.78, 5) is 39.5. The summed E-state index contributed by atoms with van der Waals surface area (Å²) in [5, 5.41) is 10.8. The number of carboxylic acids is 1.